The number of aliphatic hydroxyl groups is 1. The van der Waals surface area contributed by atoms with Gasteiger partial charge in [-0.1, -0.05) is 0 Å². The normalized spacial score (nSPS) is 10.8. The summed E-state index contributed by atoms with van der Waals surface area (Å²) in [6.07, 6.45) is 1.46. The summed E-state index contributed by atoms with van der Waals surface area (Å²) in [6, 6.07) is 4.17. The molecule has 14 heavy (non-hydrogen) atoms. The monoisotopic (exact) mass is 195 g/mol. The summed E-state index contributed by atoms with van der Waals surface area (Å²) in [4.78, 5) is 3.82. The minimum Gasteiger partial charge on any atom is -0.391 e. The van der Waals surface area contributed by atoms with Gasteiger partial charge in [-0.3, -0.25) is 4.98 Å². The Morgan fingerprint density at radius 3 is 2.86 bits per heavy atom. The molecule has 1 heterocycles. The molecule has 0 atom stereocenters. The first-order valence-corrected chi connectivity index (χ1v) is 4.06. The van der Waals surface area contributed by atoms with Gasteiger partial charge >= 0.3 is 0 Å². The Balaban J connectivity index is 2.86. The van der Waals surface area contributed by atoms with Gasteiger partial charge in [0, 0.05) is 23.2 Å². The highest BCUT2D eigenvalue weighted by Gasteiger charge is 2.12. The van der Waals surface area contributed by atoms with Gasteiger partial charge in [0.2, 0.25) is 0 Å². The van der Waals surface area contributed by atoms with Crippen LogP contribution in [0, 0.1) is 11.6 Å². The number of aromatic nitrogens is 1. The van der Waals surface area contributed by atoms with E-state index in [-0.39, 0.29) is 16.5 Å². The Bertz CT molecular complexity index is 485. The third kappa shape index (κ3) is 1.24. The van der Waals surface area contributed by atoms with Gasteiger partial charge in [-0.25, -0.2) is 8.78 Å². The van der Waals surface area contributed by atoms with Crippen LogP contribution < -0.4 is 0 Å². The summed E-state index contributed by atoms with van der Waals surface area (Å²) >= 11 is 0. The average Bonchev–Trinajstić information content (AvgIpc) is 2.18. The number of rotatable bonds is 1. The lowest BCUT2D eigenvalue weighted by molar-refractivity contribution is 0.269. The zero-order valence-electron chi connectivity index (χ0n) is 7.17. The Kier molecular flexibility index (Phi) is 2.13. The van der Waals surface area contributed by atoms with E-state index in [9.17, 15) is 8.78 Å². The first-order chi connectivity index (χ1) is 6.74. The summed E-state index contributed by atoms with van der Waals surface area (Å²) in [5.74, 6) is -1.51. The van der Waals surface area contributed by atoms with Crippen molar-refractivity contribution in [3.05, 3.63) is 41.6 Å². The molecule has 0 aliphatic heterocycles. The molecule has 1 aromatic heterocycles. The molecule has 4 heteroatoms. The summed E-state index contributed by atoms with van der Waals surface area (Å²) in [7, 11) is 0. The van der Waals surface area contributed by atoms with Gasteiger partial charge in [0.25, 0.3) is 0 Å². The van der Waals surface area contributed by atoms with Crippen LogP contribution in [0.1, 0.15) is 5.56 Å². The molecule has 0 spiro atoms. The maximum Gasteiger partial charge on any atom is 0.141 e. The second-order valence-corrected chi connectivity index (χ2v) is 2.88. The summed E-state index contributed by atoms with van der Waals surface area (Å²) in [5, 5.41) is 8.98. The van der Waals surface area contributed by atoms with Crippen molar-refractivity contribution >= 4 is 10.9 Å². The molecule has 0 radical (unpaired) electrons. The van der Waals surface area contributed by atoms with Crippen molar-refractivity contribution in [2.45, 2.75) is 6.61 Å². The smallest absolute Gasteiger partial charge is 0.141 e. The quantitative estimate of drug-likeness (QED) is 0.755. The summed E-state index contributed by atoms with van der Waals surface area (Å²) < 4.78 is 26.6. The van der Waals surface area contributed by atoms with E-state index in [0.717, 1.165) is 6.07 Å². The third-order valence-corrected chi connectivity index (χ3v) is 2.05. The first kappa shape index (κ1) is 9.02. The van der Waals surface area contributed by atoms with Gasteiger partial charge in [-0.15, -0.1) is 0 Å². The number of halogens is 2. The van der Waals surface area contributed by atoms with E-state index in [2.05, 4.69) is 4.98 Å². The highest BCUT2D eigenvalue weighted by molar-refractivity contribution is 5.79. The molecule has 1 aromatic carbocycles. The zero-order valence-corrected chi connectivity index (χ0v) is 7.17. The van der Waals surface area contributed by atoms with Crippen molar-refractivity contribution in [1.29, 1.82) is 0 Å². The van der Waals surface area contributed by atoms with Crippen molar-refractivity contribution in [3.8, 4) is 0 Å². The van der Waals surface area contributed by atoms with Gasteiger partial charge in [0.15, 0.2) is 0 Å². The lowest BCUT2D eigenvalue weighted by Gasteiger charge is -2.04. The van der Waals surface area contributed by atoms with Crippen molar-refractivity contribution in [3.63, 3.8) is 0 Å². The Labute approximate surface area is 78.8 Å². The van der Waals surface area contributed by atoms with E-state index < -0.39 is 18.2 Å². The predicted molar refractivity (Wildman–Crippen MR) is 47.6 cm³/mol. The van der Waals surface area contributed by atoms with Gasteiger partial charge in [0.05, 0.1) is 12.1 Å². The summed E-state index contributed by atoms with van der Waals surface area (Å²) in [6.45, 7) is -0.650. The fourth-order valence-electron chi connectivity index (χ4n) is 1.34. The second kappa shape index (κ2) is 3.31. The SMILES string of the molecule is OCc1c(F)cc2ncccc2c1F. The van der Waals surface area contributed by atoms with E-state index in [1.54, 1.807) is 6.07 Å². The fraction of sp³-hybridized carbons (Fsp3) is 0.100. The number of benzene rings is 1. The van der Waals surface area contributed by atoms with Gasteiger partial charge in [-0.2, -0.15) is 0 Å². The molecule has 2 nitrogen and oxygen atoms in total. The van der Waals surface area contributed by atoms with E-state index in [1.165, 1.54) is 12.3 Å². The fourth-order valence-corrected chi connectivity index (χ4v) is 1.34. The first-order valence-electron chi connectivity index (χ1n) is 4.06. The lowest BCUT2D eigenvalue weighted by Crippen LogP contribution is -1.97. The Morgan fingerprint density at radius 2 is 2.14 bits per heavy atom. The molecule has 1 N–H and O–H groups in total. The van der Waals surface area contributed by atoms with Gasteiger partial charge in [-0.05, 0) is 12.1 Å². The van der Waals surface area contributed by atoms with E-state index in [0.29, 0.717) is 0 Å². The number of aliphatic hydroxyl groups excluding tert-OH is 1. The van der Waals surface area contributed by atoms with Crippen LogP contribution in [0.25, 0.3) is 10.9 Å². The molecule has 0 amide bonds. The molecule has 0 unspecified atom stereocenters. The number of hydrogen-bond acceptors (Lipinski definition) is 2. The number of fused-ring (bicyclic) bond motifs is 1. The maximum atomic E-state index is 13.5. The van der Waals surface area contributed by atoms with Crippen LogP contribution in [0.4, 0.5) is 8.78 Å². The van der Waals surface area contributed by atoms with Gasteiger partial charge in [0.1, 0.15) is 11.6 Å². The van der Waals surface area contributed by atoms with Crippen molar-refractivity contribution in [1.82, 2.24) is 4.98 Å². The third-order valence-electron chi connectivity index (χ3n) is 2.05. The minimum atomic E-state index is -0.767. The summed E-state index contributed by atoms with van der Waals surface area (Å²) in [5.41, 5.74) is -0.0646. The van der Waals surface area contributed by atoms with E-state index in [1.807, 2.05) is 0 Å². The number of pyridine rings is 1. The molecule has 2 aromatic rings. The zero-order chi connectivity index (χ0) is 10.1. The van der Waals surface area contributed by atoms with Crippen LogP contribution in [0.15, 0.2) is 24.4 Å². The van der Waals surface area contributed by atoms with E-state index in [4.69, 9.17) is 5.11 Å². The Hall–Kier alpha value is -1.55. The maximum absolute atomic E-state index is 13.5. The molecule has 0 saturated carbocycles. The highest BCUT2D eigenvalue weighted by Crippen LogP contribution is 2.22. The van der Waals surface area contributed by atoms with Crippen LogP contribution in [-0.2, 0) is 6.61 Å². The van der Waals surface area contributed by atoms with Crippen molar-refractivity contribution in [2.24, 2.45) is 0 Å². The van der Waals surface area contributed by atoms with Gasteiger partial charge < -0.3 is 5.11 Å². The number of nitrogens with zero attached hydrogens (tertiary/aromatic N) is 1. The lowest BCUT2D eigenvalue weighted by atomic mass is 10.1. The molecule has 2 rings (SSSR count). The largest absolute Gasteiger partial charge is 0.391 e. The molecule has 0 fully saturated rings. The topological polar surface area (TPSA) is 33.1 Å². The van der Waals surface area contributed by atoms with Crippen molar-refractivity contribution in [2.75, 3.05) is 0 Å². The van der Waals surface area contributed by atoms with Crippen LogP contribution in [-0.4, -0.2) is 10.1 Å². The number of hydrogen-bond donors (Lipinski definition) is 1. The van der Waals surface area contributed by atoms with E-state index >= 15 is 0 Å². The second-order valence-electron chi connectivity index (χ2n) is 2.88. The molecule has 0 aliphatic rings. The molecule has 0 aliphatic carbocycles. The highest BCUT2D eigenvalue weighted by atomic mass is 19.1. The standard InChI is InChI=1S/C10H7F2NO/c11-8-4-9-6(2-1-3-13-9)10(12)7(8)5-14/h1-4,14H,5H2. The molecule has 0 saturated heterocycles. The molecular formula is C10H7F2NO. The molecule has 0 bridgehead atoms. The predicted octanol–water partition coefficient (Wildman–Crippen LogP) is 2.01. The van der Waals surface area contributed by atoms with Crippen molar-refractivity contribution < 1.29 is 13.9 Å². The van der Waals surface area contributed by atoms with Crippen LogP contribution in [0.5, 0.6) is 0 Å². The molecule has 72 valence electrons. The van der Waals surface area contributed by atoms with Crippen LogP contribution >= 0.6 is 0 Å². The average molecular weight is 195 g/mol. The molecular weight excluding hydrogens is 188 g/mol. The van der Waals surface area contributed by atoms with Crippen LogP contribution in [0.2, 0.25) is 0 Å². The Morgan fingerprint density at radius 1 is 1.36 bits per heavy atom. The van der Waals surface area contributed by atoms with Crippen LogP contribution in [0.3, 0.4) is 0 Å². The minimum absolute atomic E-state index is 0.220.